The quantitative estimate of drug-likeness (QED) is 0.773. The summed E-state index contributed by atoms with van der Waals surface area (Å²) in [6, 6.07) is 6.21. The Hall–Kier alpha value is -1.26. The van der Waals surface area contributed by atoms with Gasteiger partial charge in [-0.1, -0.05) is 6.07 Å². The fraction of sp³-hybridized carbons (Fsp3) is 0.538. The van der Waals surface area contributed by atoms with E-state index in [4.69, 9.17) is 14.2 Å². The van der Waals surface area contributed by atoms with E-state index in [1.165, 1.54) is 5.56 Å². The zero-order chi connectivity index (χ0) is 11.5. The maximum atomic E-state index is 5.59. The average molecular weight is 235 g/mol. The third-order valence-electron chi connectivity index (χ3n) is 3.12. The monoisotopic (exact) mass is 235 g/mol. The maximum absolute atomic E-state index is 5.59. The molecule has 1 fully saturated rings. The van der Waals surface area contributed by atoms with E-state index in [1.807, 2.05) is 6.07 Å². The van der Waals surface area contributed by atoms with Gasteiger partial charge in [0.1, 0.15) is 13.2 Å². The Kier molecular flexibility index (Phi) is 3.16. The van der Waals surface area contributed by atoms with Crippen molar-refractivity contribution in [2.24, 2.45) is 0 Å². The minimum atomic E-state index is 0.647. The van der Waals surface area contributed by atoms with Crippen LogP contribution < -0.4 is 9.47 Å². The molecule has 1 saturated heterocycles. The van der Waals surface area contributed by atoms with Gasteiger partial charge in [0, 0.05) is 19.6 Å². The SMILES string of the molecule is c1cc2c(cc1CN1CCOCC1)OCCO2. The van der Waals surface area contributed by atoms with Crippen LogP contribution in [-0.4, -0.2) is 44.4 Å². The van der Waals surface area contributed by atoms with Crippen LogP contribution in [-0.2, 0) is 11.3 Å². The Morgan fingerprint density at radius 1 is 0.941 bits per heavy atom. The molecule has 0 atom stereocenters. The van der Waals surface area contributed by atoms with Crippen LogP contribution in [0.25, 0.3) is 0 Å². The predicted octanol–water partition coefficient (Wildman–Crippen LogP) is 1.29. The predicted molar refractivity (Wildman–Crippen MR) is 63.5 cm³/mol. The Morgan fingerprint density at radius 2 is 1.71 bits per heavy atom. The zero-order valence-corrected chi connectivity index (χ0v) is 9.85. The van der Waals surface area contributed by atoms with Crippen LogP contribution >= 0.6 is 0 Å². The molecule has 1 aromatic rings. The topological polar surface area (TPSA) is 30.9 Å². The van der Waals surface area contributed by atoms with Crippen LogP contribution in [0, 0.1) is 0 Å². The van der Waals surface area contributed by atoms with Crippen LogP contribution in [0.3, 0.4) is 0 Å². The van der Waals surface area contributed by atoms with Crippen LogP contribution in [0.15, 0.2) is 18.2 Å². The summed E-state index contributed by atoms with van der Waals surface area (Å²) in [5, 5.41) is 0. The van der Waals surface area contributed by atoms with Gasteiger partial charge in [0.25, 0.3) is 0 Å². The third kappa shape index (κ3) is 2.53. The highest BCUT2D eigenvalue weighted by Gasteiger charge is 2.14. The lowest BCUT2D eigenvalue weighted by Gasteiger charge is -2.27. The van der Waals surface area contributed by atoms with Crippen molar-refractivity contribution in [1.82, 2.24) is 4.90 Å². The van der Waals surface area contributed by atoms with E-state index in [0.717, 1.165) is 44.3 Å². The average Bonchev–Trinajstić information content (AvgIpc) is 2.40. The molecule has 4 heteroatoms. The molecule has 0 aliphatic carbocycles. The molecule has 1 aromatic carbocycles. The van der Waals surface area contributed by atoms with Gasteiger partial charge in [0.05, 0.1) is 13.2 Å². The zero-order valence-electron chi connectivity index (χ0n) is 9.85. The maximum Gasteiger partial charge on any atom is 0.161 e. The molecule has 0 N–H and O–H groups in total. The Balaban J connectivity index is 1.70. The fourth-order valence-corrected chi connectivity index (χ4v) is 2.20. The van der Waals surface area contributed by atoms with E-state index in [9.17, 15) is 0 Å². The summed E-state index contributed by atoms with van der Waals surface area (Å²) < 4.78 is 16.4. The van der Waals surface area contributed by atoms with Crippen LogP contribution in [0.4, 0.5) is 0 Å². The largest absolute Gasteiger partial charge is 0.486 e. The molecule has 0 aromatic heterocycles. The first-order valence-electron chi connectivity index (χ1n) is 6.10. The second-order valence-electron chi connectivity index (χ2n) is 4.37. The van der Waals surface area contributed by atoms with Crippen molar-refractivity contribution in [3.05, 3.63) is 23.8 Å². The molecular weight excluding hydrogens is 218 g/mol. The molecule has 92 valence electrons. The molecule has 0 spiro atoms. The molecule has 0 unspecified atom stereocenters. The summed E-state index contributed by atoms with van der Waals surface area (Å²) in [5.41, 5.74) is 1.27. The Labute approximate surface area is 101 Å². The number of hydrogen-bond donors (Lipinski definition) is 0. The van der Waals surface area contributed by atoms with Crippen molar-refractivity contribution < 1.29 is 14.2 Å². The van der Waals surface area contributed by atoms with Gasteiger partial charge < -0.3 is 14.2 Å². The summed E-state index contributed by atoms with van der Waals surface area (Å²) in [7, 11) is 0. The lowest BCUT2D eigenvalue weighted by molar-refractivity contribution is 0.0341. The molecule has 0 amide bonds. The molecule has 2 aliphatic rings. The van der Waals surface area contributed by atoms with Crippen molar-refractivity contribution in [3.63, 3.8) is 0 Å². The van der Waals surface area contributed by atoms with Crippen molar-refractivity contribution in [2.75, 3.05) is 39.5 Å². The normalized spacial score (nSPS) is 20.2. The first kappa shape index (κ1) is 10.9. The van der Waals surface area contributed by atoms with Crippen molar-refractivity contribution in [3.8, 4) is 11.5 Å². The van der Waals surface area contributed by atoms with E-state index < -0.39 is 0 Å². The Morgan fingerprint density at radius 3 is 2.53 bits per heavy atom. The second-order valence-corrected chi connectivity index (χ2v) is 4.37. The van der Waals surface area contributed by atoms with Gasteiger partial charge in [-0.25, -0.2) is 0 Å². The Bertz CT molecular complexity index is 388. The van der Waals surface area contributed by atoms with Crippen LogP contribution in [0.5, 0.6) is 11.5 Å². The smallest absolute Gasteiger partial charge is 0.161 e. The van der Waals surface area contributed by atoms with Crippen molar-refractivity contribution in [2.45, 2.75) is 6.54 Å². The molecule has 0 saturated carbocycles. The lowest BCUT2D eigenvalue weighted by atomic mass is 10.1. The highest BCUT2D eigenvalue weighted by Crippen LogP contribution is 2.31. The van der Waals surface area contributed by atoms with E-state index in [-0.39, 0.29) is 0 Å². The van der Waals surface area contributed by atoms with E-state index in [0.29, 0.717) is 13.2 Å². The molecule has 0 bridgehead atoms. The van der Waals surface area contributed by atoms with Crippen molar-refractivity contribution >= 4 is 0 Å². The molecular formula is C13H17NO3. The van der Waals surface area contributed by atoms with Gasteiger partial charge in [0.15, 0.2) is 11.5 Å². The fourth-order valence-electron chi connectivity index (χ4n) is 2.20. The number of morpholine rings is 1. The number of nitrogens with zero attached hydrogens (tertiary/aromatic N) is 1. The minimum absolute atomic E-state index is 0.647. The van der Waals surface area contributed by atoms with Crippen LogP contribution in [0.1, 0.15) is 5.56 Å². The highest BCUT2D eigenvalue weighted by molar-refractivity contribution is 5.43. The van der Waals surface area contributed by atoms with E-state index in [1.54, 1.807) is 0 Å². The standard InChI is InChI=1S/C13H17NO3/c1-2-12-13(17-8-7-16-12)9-11(1)10-14-3-5-15-6-4-14/h1-2,9H,3-8,10H2. The second kappa shape index (κ2) is 4.94. The van der Waals surface area contributed by atoms with Crippen molar-refractivity contribution in [1.29, 1.82) is 0 Å². The lowest BCUT2D eigenvalue weighted by Crippen LogP contribution is -2.35. The molecule has 2 aliphatic heterocycles. The third-order valence-corrected chi connectivity index (χ3v) is 3.12. The highest BCUT2D eigenvalue weighted by atomic mass is 16.6. The van der Waals surface area contributed by atoms with Gasteiger partial charge in [-0.3, -0.25) is 4.90 Å². The van der Waals surface area contributed by atoms with E-state index in [2.05, 4.69) is 17.0 Å². The number of fused-ring (bicyclic) bond motifs is 1. The first-order valence-corrected chi connectivity index (χ1v) is 6.10. The number of ether oxygens (including phenoxy) is 3. The summed E-state index contributed by atoms with van der Waals surface area (Å²) in [6.07, 6.45) is 0. The van der Waals surface area contributed by atoms with Crippen LogP contribution in [0.2, 0.25) is 0 Å². The van der Waals surface area contributed by atoms with Gasteiger partial charge in [0.2, 0.25) is 0 Å². The molecule has 3 rings (SSSR count). The number of benzene rings is 1. The van der Waals surface area contributed by atoms with E-state index >= 15 is 0 Å². The number of rotatable bonds is 2. The first-order chi connectivity index (χ1) is 8.42. The molecule has 17 heavy (non-hydrogen) atoms. The van der Waals surface area contributed by atoms with Gasteiger partial charge >= 0.3 is 0 Å². The van der Waals surface area contributed by atoms with Gasteiger partial charge in [-0.05, 0) is 17.7 Å². The summed E-state index contributed by atoms with van der Waals surface area (Å²) in [4.78, 5) is 2.40. The molecule has 2 heterocycles. The van der Waals surface area contributed by atoms with Gasteiger partial charge in [-0.2, -0.15) is 0 Å². The summed E-state index contributed by atoms with van der Waals surface area (Å²) in [6.45, 7) is 5.95. The van der Waals surface area contributed by atoms with Gasteiger partial charge in [-0.15, -0.1) is 0 Å². The summed E-state index contributed by atoms with van der Waals surface area (Å²) >= 11 is 0. The number of hydrogen-bond acceptors (Lipinski definition) is 4. The molecule has 0 radical (unpaired) electrons. The summed E-state index contributed by atoms with van der Waals surface area (Å²) in [5.74, 6) is 1.74. The minimum Gasteiger partial charge on any atom is -0.486 e. The molecule has 4 nitrogen and oxygen atoms in total.